The smallest absolute Gasteiger partial charge is 0.305 e. The van der Waals surface area contributed by atoms with Crippen LogP contribution in [0.15, 0.2) is 18.2 Å². The van der Waals surface area contributed by atoms with Crippen molar-refractivity contribution in [2.75, 3.05) is 32.6 Å². The van der Waals surface area contributed by atoms with Crippen LogP contribution in [0, 0.1) is 12.7 Å². The molecular weight excluding hydrogens is 275 g/mol. The Balaban J connectivity index is 2.35. The van der Waals surface area contributed by atoms with E-state index in [1.807, 2.05) is 0 Å². The molecule has 0 saturated carbocycles. The first-order chi connectivity index (χ1) is 9.92. The monoisotopic (exact) mass is 296 g/mol. The number of nitrogens with zero attached hydrogens (tertiary/aromatic N) is 1. The quantitative estimate of drug-likeness (QED) is 0.781. The van der Waals surface area contributed by atoms with E-state index in [2.05, 4.69) is 10.1 Å². The summed E-state index contributed by atoms with van der Waals surface area (Å²) < 4.78 is 17.9. The largest absolute Gasteiger partial charge is 0.469 e. The number of methoxy groups -OCH3 is 1. The number of esters is 1. The van der Waals surface area contributed by atoms with Gasteiger partial charge in [0.2, 0.25) is 5.91 Å². The summed E-state index contributed by atoms with van der Waals surface area (Å²) >= 11 is 0. The molecule has 6 heteroatoms. The van der Waals surface area contributed by atoms with E-state index >= 15 is 0 Å². The number of amides is 1. The number of carbonyl (C=O) groups is 2. The molecule has 0 aliphatic rings. The molecule has 5 nitrogen and oxygen atoms in total. The molecule has 0 aliphatic carbocycles. The van der Waals surface area contributed by atoms with Crippen LogP contribution < -0.4 is 5.32 Å². The summed E-state index contributed by atoms with van der Waals surface area (Å²) in [5, 5.41) is 2.64. The highest BCUT2D eigenvalue weighted by Gasteiger charge is 2.09. The Hall–Kier alpha value is -1.95. The third-order valence-corrected chi connectivity index (χ3v) is 3.02. The third kappa shape index (κ3) is 6.35. The summed E-state index contributed by atoms with van der Waals surface area (Å²) in [6.45, 7) is 2.44. The van der Waals surface area contributed by atoms with Gasteiger partial charge in [0.25, 0.3) is 0 Å². The molecule has 0 aliphatic heterocycles. The van der Waals surface area contributed by atoms with Crippen LogP contribution in [-0.4, -0.2) is 44.0 Å². The van der Waals surface area contributed by atoms with Crippen molar-refractivity contribution in [3.05, 3.63) is 29.6 Å². The number of ether oxygens (including phenoxy) is 1. The van der Waals surface area contributed by atoms with Gasteiger partial charge in [-0.05, 0) is 44.6 Å². The van der Waals surface area contributed by atoms with Gasteiger partial charge in [0.05, 0.1) is 13.7 Å². The van der Waals surface area contributed by atoms with Crippen molar-refractivity contribution in [1.82, 2.24) is 4.90 Å². The summed E-state index contributed by atoms with van der Waals surface area (Å²) in [7, 11) is 3.13. The Morgan fingerprint density at radius 2 is 2.10 bits per heavy atom. The minimum Gasteiger partial charge on any atom is -0.469 e. The molecule has 0 spiro atoms. The van der Waals surface area contributed by atoms with E-state index in [9.17, 15) is 14.0 Å². The lowest BCUT2D eigenvalue weighted by Crippen LogP contribution is -2.31. The van der Waals surface area contributed by atoms with E-state index in [0.717, 1.165) is 0 Å². The molecule has 0 fully saturated rings. The fourth-order valence-corrected chi connectivity index (χ4v) is 1.79. The standard InChI is InChI=1S/C15H21FN2O3/c1-11-6-7-12(9-13(11)16)17-14(19)10-18(2)8-4-5-15(20)21-3/h6-7,9H,4-5,8,10H2,1-3H3,(H,17,19). The molecule has 0 atom stereocenters. The Labute approximate surface area is 124 Å². The summed E-state index contributed by atoms with van der Waals surface area (Å²) in [5.41, 5.74) is 0.971. The first-order valence-corrected chi connectivity index (χ1v) is 6.73. The lowest BCUT2D eigenvalue weighted by molar-refractivity contribution is -0.140. The second-order valence-electron chi connectivity index (χ2n) is 4.93. The predicted octanol–water partition coefficient (Wildman–Crippen LogP) is 1.96. The van der Waals surface area contributed by atoms with Crippen molar-refractivity contribution in [3.8, 4) is 0 Å². The number of halogens is 1. The van der Waals surface area contributed by atoms with Crippen LogP contribution in [0.3, 0.4) is 0 Å². The second kappa shape index (κ2) is 8.36. The second-order valence-corrected chi connectivity index (χ2v) is 4.93. The van der Waals surface area contributed by atoms with Crippen LogP contribution in [0.1, 0.15) is 18.4 Å². The van der Waals surface area contributed by atoms with Crippen LogP contribution in [0.4, 0.5) is 10.1 Å². The van der Waals surface area contributed by atoms with E-state index in [4.69, 9.17) is 0 Å². The molecule has 0 bridgehead atoms. The first kappa shape index (κ1) is 17.1. The normalized spacial score (nSPS) is 10.5. The number of rotatable bonds is 7. The van der Waals surface area contributed by atoms with Crippen molar-refractivity contribution in [2.24, 2.45) is 0 Å². The topological polar surface area (TPSA) is 58.6 Å². The van der Waals surface area contributed by atoms with E-state index in [-0.39, 0.29) is 24.2 Å². The van der Waals surface area contributed by atoms with Gasteiger partial charge in [-0.1, -0.05) is 6.07 Å². The van der Waals surface area contributed by atoms with Crippen molar-refractivity contribution in [3.63, 3.8) is 0 Å². The molecule has 21 heavy (non-hydrogen) atoms. The number of hydrogen-bond donors (Lipinski definition) is 1. The van der Waals surface area contributed by atoms with Crippen LogP contribution in [0.5, 0.6) is 0 Å². The molecule has 0 radical (unpaired) electrons. The summed E-state index contributed by atoms with van der Waals surface area (Å²) in [5.74, 6) is -0.832. The molecule has 0 saturated heterocycles. The maximum Gasteiger partial charge on any atom is 0.305 e. The van der Waals surface area contributed by atoms with Gasteiger partial charge in [0, 0.05) is 12.1 Å². The van der Waals surface area contributed by atoms with Crippen LogP contribution in [-0.2, 0) is 14.3 Å². The number of aryl methyl sites for hydroxylation is 1. The van der Waals surface area contributed by atoms with Gasteiger partial charge in [-0.2, -0.15) is 0 Å². The number of carbonyl (C=O) groups excluding carboxylic acids is 2. The fourth-order valence-electron chi connectivity index (χ4n) is 1.79. The molecule has 0 heterocycles. The molecule has 1 aromatic rings. The van der Waals surface area contributed by atoms with Gasteiger partial charge in [0.15, 0.2) is 0 Å². The Bertz CT molecular complexity index is 506. The van der Waals surface area contributed by atoms with Crippen molar-refractivity contribution >= 4 is 17.6 Å². The molecule has 1 amide bonds. The highest BCUT2D eigenvalue weighted by atomic mass is 19.1. The zero-order valence-electron chi connectivity index (χ0n) is 12.6. The highest BCUT2D eigenvalue weighted by molar-refractivity contribution is 5.92. The predicted molar refractivity (Wildman–Crippen MR) is 78.5 cm³/mol. The number of nitrogens with one attached hydrogen (secondary N) is 1. The lowest BCUT2D eigenvalue weighted by Gasteiger charge is -2.16. The van der Waals surface area contributed by atoms with Crippen LogP contribution >= 0.6 is 0 Å². The fraction of sp³-hybridized carbons (Fsp3) is 0.467. The number of hydrogen-bond acceptors (Lipinski definition) is 4. The lowest BCUT2D eigenvalue weighted by atomic mass is 10.2. The van der Waals surface area contributed by atoms with Crippen molar-refractivity contribution in [2.45, 2.75) is 19.8 Å². The molecule has 1 aromatic carbocycles. The summed E-state index contributed by atoms with van der Waals surface area (Å²) in [6.07, 6.45) is 0.946. The minimum absolute atomic E-state index is 0.177. The van der Waals surface area contributed by atoms with Gasteiger partial charge < -0.3 is 10.1 Å². The average molecular weight is 296 g/mol. The van der Waals surface area contributed by atoms with Crippen LogP contribution in [0.25, 0.3) is 0 Å². The van der Waals surface area contributed by atoms with Gasteiger partial charge >= 0.3 is 5.97 Å². The molecule has 1 N–H and O–H groups in total. The first-order valence-electron chi connectivity index (χ1n) is 6.73. The average Bonchev–Trinajstić information content (AvgIpc) is 2.42. The van der Waals surface area contributed by atoms with E-state index < -0.39 is 0 Å². The third-order valence-electron chi connectivity index (χ3n) is 3.02. The van der Waals surface area contributed by atoms with Gasteiger partial charge in [-0.3, -0.25) is 14.5 Å². The van der Waals surface area contributed by atoms with Crippen molar-refractivity contribution in [1.29, 1.82) is 0 Å². The number of likely N-dealkylation sites (N-methyl/N-ethyl adjacent to an activating group) is 1. The molecule has 0 unspecified atom stereocenters. The van der Waals surface area contributed by atoms with Gasteiger partial charge in [-0.15, -0.1) is 0 Å². The van der Waals surface area contributed by atoms with E-state index in [1.165, 1.54) is 13.2 Å². The summed E-state index contributed by atoms with van der Waals surface area (Å²) in [6, 6.07) is 4.57. The maximum atomic E-state index is 13.4. The Morgan fingerprint density at radius 1 is 1.38 bits per heavy atom. The zero-order chi connectivity index (χ0) is 15.8. The minimum atomic E-state index is -0.348. The molecule has 116 valence electrons. The van der Waals surface area contributed by atoms with Gasteiger partial charge in [-0.25, -0.2) is 4.39 Å². The highest BCUT2D eigenvalue weighted by Crippen LogP contribution is 2.13. The maximum absolute atomic E-state index is 13.4. The summed E-state index contributed by atoms with van der Waals surface area (Å²) in [4.78, 5) is 24.6. The SMILES string of the molecule is COC(=O)CCCN(C)CC(=O)Nc1ccc(C)c(F)c1. The molecular formula is C15H21FN2O3. The number of benzene rings is 1. The zero-order valence-corrected chi connectivity index (χ0v) is 12.6. The molecule has 1 rings (SSSR count). The van der Waals surface area contributed by atoms with Gasteiger partial charge in [0.1, 0.15) is 5.82 Å². The Kier molecular flexibility index (Phi) is 6.81. The van der Waals surface area contributed by atoms with E-state index in [0.29, 0.717) is 30.6 Å². The Morgan fingerprint density at radius 3 is 2.71 bits per heavy atom. The van der Waals surface area contributed by atoms with E-state index in [1.54, 1.807) is 31.0 Å². The van der Waals surface area contributed by atoms with Crippen molar-refractivity contribution < 1.29 is 18.7 Å². The molecule has 0 aromatic heterocycles. The number of anilines is 1. The van der Waals surface area contributed by atoms with Crippen LogP contribution in [0.2, 0.25) is 0 Å².